The van der Waals surface area contributed by atoms with E-state index in [1.807, 2.05) is 24.3 Å². The summed E-state index contributed by atoms with van der Waals surface area (Å²) in [7, 11) is 1.60. The van der Waals surface area contributed by atoms with Crippen LogP contribution in [0.15, 0.2) is 48.5 Å². The molecule has 6 heteroatoms. The fraction of sp³-hybridized carbons (Fsp3) is 0.391. The van der Waals surface area contributed by atoms with Crippen molar-refractivity contribution >= 4 is 17.5 Å². The molecule has 1 atom stereocenters. The number of hydrogen-bond acceptors (Lipinski definition) is 4. The minimum atomic E-state index is -0.234. The van der Waals surface area contributed by atoms with E-state index in [1.165, 1.54) is 5.56 Å². The first-order chi connectivity index (χ1) is 14.1. The summed E-state index contributed by atoms with van der Waals surface area (Å²) in [6.45, 7) is 2.92. The summed E-state index contributed by atoms with van der Waals surface area (Å²) in [5, 5.41) is 2.93. The van der Waals surface area contributed by atoms with Crippen molar-refractivity contribution in [2.75, 3.05) is 31.7 Å². The summed E-state index contributed by atoms with van der Waals surface area (Å²) in [5.74, 6) is 0.636. The third-order valence-electron chi connectivity index (χ3n) is 5.11. The zero-order chi connectivity index (χ0) is 20.6. The molecule has 0 saturated carbocycles. The van der Waals surface area contributed by atoms with E-state index in [2.05, 4.69) is 36.5 Å². The zero-order valence-electron chi connectivity index (χ0n) is 17.0. The van der Waals surface area contributed by atoms with Crippen LogP contribution in [-0.4, -0.2) is 44.7 Å². The Morgan fingerprint density at radius 2 is 1.83 bits per heavy atom. The monoisotopic (exact) mass is 396 g/mol. The summed E-state index contributed by atoms with van der Waals surface area (Å²) < 4.78 is 10.8. The Morgan fingerprint density at radius 3 is 2.48 bits per heavy atom. The number of morpholine rings is 1. The van der Waals surface area contributed by atoms with E-state index in [1.54, 1.807) is 12.0 Å². The Kier molecular flexibility index (Phi) is 7.25. The summed E-state index contributed by atoms with van der Waals surface area (Å²) in [6.07, 6.45) is 1.91. The number of benzene rings is 2. The molecule has 154 valence electrons. The summed E-state index contributed by atoms with van der Waals surface area (Å²) in [5.41, 5.74) is 3.25. The van der Waals surface area contributed by atoms with E-state index in [4.69, 9.17) is 9.47 Å². The lowest BCUT2D eigenvalue weighted by Crippen LogP contribution is -2.50. The van der Waals surface area contributed by atoms with Gasteiger partial charge in [0, 0.05) is 18.7 Å². The molecule has 3 rings (SSSR count). The van der Waals surface area contributed by atoms with Crippen molar-refractivity contribution in [3.8, 4) is 5.75 Å². The summed E-state index contributed by atoms with van der Waals surface area (Å²) in [4.78, 5) is 26.1. The van der Waals surface area contributed by atoms with Crippen LogP contribution < -0.4 is 15.0 Å². The molecule has 0 bridgehead atoms. The van der Waals surface area contributed by atoms with Gasteiger partial charge in [0.2, 0.25) is 5.91 Å². The van der Waals surface area contributed by atoms with E-state index in [0.29, 0.717) is 25.9 Å². The molecule has 2 aromatic carbocycles. The summed E-state index contributed by atoms with van der Waals surface area (Å²) >= 11 is 0. The van der Waals surface area contributed by atoms with Crippen LogP contribution in [0, 0.1) is 0 Å². The molecule has 1 aliphatic rings. The molecule has 2 amide bonds. The number of carbonyl (C=O) groups excluding carboxylic acids is 2. The molecule has 0 spiro atoms. The van der Waals surface area contributed by atoms with E-state index in [-0.39, 0.29) is 24.5 Å². The number of hydrogen-bond donors (Lipinski definition) is 1. The lowest BCUT2D eigenvalue weighted by molar-refractivity contribution is -0.129. The number of rotatable bonds is 8. The van der Waals surface area contributed by atoms with Crippen LogP contribution in [0.1, 0.15) is 24.5 Å². The molecule has 6 nitrogen and oxygen atoms in total. The Balaban J connectivity index is 1.46. The van der Waals surface area contributed by atoms with Crippen LogP contribution in [-0.2, 0) is 27.2 Å². The molecular formula is C23H28N2O4. The Labute approximate surface area is 171 Å². The van der Waals surface area contributed by atoms with Gasteiger partial charge in [0.05, 0.1) is 19.8 Å². The molecule has 1 fully saturated rings. The van der Waals surface area contributed by atoms with Crippen LogP contribution in [0.3, 0.4) is 0 Å². The predicted molar refractivity (Wildman–Crippen MR) is 112 cm³/mol. The molecular weight excluding hydrogens is 368 g/mol. The van der Waals surface area contributed by atoms with Gasteiger partial charge in [-0.05, 0) is 48.2 Å². The van der Waals surface area contributed by atoms with E-state index < -0.39 is 0 Å². The average Bonchev–Trinajstić information content (AvgIpc) is 2.77. The third kappa shape index (κ3) is 5.81. The van der Waals surface area contributed by atoms with Gasteiger partial charge in [0.15, 0.2) is 0 Å². The first-order valence-electron chi connectivity index (χ1n) is 9.99. The zero-order valence-corrected chi connectivity index (χ0v) is 17.0. The number of ether oxygens (including phenoxy) is 2. The van der Waals surface area contributed by atoms with Crippen molar-refractivity contribution in [1.29, 1.82) is 0 Å². The molecule has 1 aliphatic heterocycles. The maximum Gasteiger partial charge on any atom is 0.253 e. The van der Waals surface area contributed by atoms with Crippen molar-refractivity contribution in [3.63, 3.8) is 0 Å². The van der Waals surface area contributed by atoms with Crippen LogP contribution in [0.4, 0.5) is 5.69 Å². The second-order valence-corrected chi connectivity index (χ2v) is 7.11. The highest BCUT2D eigenvalue weighted by Crippen LogP contribution is 2.22. The van der Waals surface area contributed by atoms with Gasteiger partial charge in [-0.15, -0.1) is 0 Å². The lowest BCUT2D eigenvalue weighted by Gasteiger charge is -2.33. The largest absolute Gasteiger partial charge is 0.497 e. The maximum absolute atomic E-state index is 12.2. The number of amides is 2. The Morgan fingerprint density at radius 1 is 1.14 bits per heavy atom. The second kappa shape index (κ2) is 10.1. The SMILES string of the molecule is CCc1ccc(CCC(=O)NCC2CN(c3ccc(OC)cc3)C(=O)CO2)cc1. The predicted octanol–water partition coefficient (Wildman–Crippen LogP) is 2.74. The van der Waals surface area contributed by atoms with E-state index in [9.17, 15) is 9.59 Å². The van der Waals surface area contributed by atoms with Crippen molar-refractivity contribution in [2.45, 2.75) is 32.3 Å². The standard InChI is InChI=1S/C23H28N2O4/c1-3-17-4-6-18(7-5-17)8-13-22(26)24-14-21-15-25(23(27)16-29-21)19-9-11-20(28-2)12-10-19/h4-7,9-12,21H,3,8,13-16H2,1-2H3,(H,24,26). The molecule has 1 saturated heterocycles. The van der Waals surface area contributed by atoms with Gasteiger partial charge in [0.25, 0.3) is 5.91 Å². The van der Waals surface area contributed by atoms with E-state index >= 15 is 0 Å². The van der Waals surface area contributed by atoms with E-state index in [0.717, 1.165) is 23.4 Å². The minimum Gasteiger partial charge on any atom is -0.497 e. The fourth-order valence-electron chi connectivity index (χ4n) is 3.28. The highest BCUT2D eigenvalue weighted by atomic mass is 16.5. The highest BCUT2D eigenvalue weighted by molar-refractivity contribution is 5.95. The van der Waals surface area contributed by atoms with Crippen LogP contribution in [0.2, 0.25) is 0 Å². The van der Waals surface area contributed by atoms with Crippen molar-refractivity contribution in [1.82, 2.24) is 5.32 Å². The average molecular weight is 396 g/mol. The fourth-order valence-corrected chi connectivity index (χ4v) is 3.28. The molecule has 2 aromatic rings. The number of anilines is 1. The molecule has 0 aromatic heterocycles. The number of carbonyl (C=O) groups is 2. The van der Waals surface area contributed by atoms with Crippen LogP contribution >= 0.6 is 0 Å². The van der Waals surface area contributed by atoms with Crippen molar-refractivity contribution < 1.29 is 19.1 Å². The van der Waals surface area contributed by atoms with Gasteiger partial charge in [-0.1, -0.05) is 31.2 Å². The van der Waals surface area contributed by atoms with Gasteiger partial charge >= 0.3 is 0 Å². The maximum atomic E-state index is 12.2. The van der Waals surface area contributed by atoms with Crippen molar-refractivity contribution in [2.24, 2.45) is 0 Å². The normalized spacial score (nSPS) is 16.6. The van der Waals surface area contributed by atoms with Gasteiger partial charge < -0.3 is 19.7 Å². The topological polar surface area (TPSA) is 67.9 Å². The minimum absolute atomic E-state index is 0.0103. The second-order valence-electron chi connectivity index (χ2n) is 7.11. The number of nitrogens with zero attached hydrogens (tertiary/aromatic N) is 1. The smallest absolute Gasteiger partial charge is 0.253 e. The molecule has 0 radical (unpaired) electrons. The van der Waals surface area contributed by atoms with Gasteiger partial charge in [-0.3, -0.25) is 9.59 Å². The molecule has 1 N–H and O–H groups in total. The quantitative estimate of drug-likeness (QED) is 0.745. The third-order valence-corrected chi connectivity index (χ3v) is 5.11. The van der Waals surface area contributed by atoms with Crippen molar-refractivity contribution in [3.05, 3.63) is 59.7 Å². The van der Waals surface area contributed by atoms with Crippen LogP contribution in [0.5, 0.6) is 5.75 Å². The molecule has 1 heterocycles. The first kappa shape index (κ1) is 20.9. The number of nitrogens with one attached hydrogen (secondary N) is 1. The Bertz CT molecular complexity index is 818. The molecule has 29 heavy (non-hydrogen) atoms. The highest BCUT2D eigenvalue weighted by Gasteiger charge is 2.27. The molecule has 1 unspecified atom stereocenters. The molecule has 0 aliphatic carbocycles. The summed E-state index contributed by atoms with van der Waals surface area (Å²) in [6, 6.07) is 15.7. The lowest BCUT2D eigenvalue weighted by atomic mass is 10.1. The van der Waals surface area contributed by atoms with Crippen LogP contribution in [0.25, 0.3) is 0 Å². The van der Waals surface area contributed by atoms with Gasteiger partial charge in [-0.2, -0.15) is 0 Å². The number of methoxy groups -OCH3 is 1. The first-order valence-corrected chi connectivity index (χ1v) is 9.99. The van der Waals surface area contributed by atoms with Gasteiger partial charge in [-0.25, -0.2) is 0 Å². The van der Waals surface area contributed by atoms with Gasteiger partial charge in [0.1, 0.15) is 12.4 Å². The Hall–Kier alpha value is -2.86. The number of aryl methyl sites for hydroxylation is 2.